The lowest BCUT2D eigenvalue weighted by Crippen LogP contribution is -2.35. The lowest BCUT2D eigenvalue weighted by Gasteiger charge is -2.29. The molecule has 1 aliphatic heterocycles. The first kappa shape index (κ1) is 13.6. The van der Waals surface area contributed by atoms with Crippen LogP contribution in [0.1, 0.15) is 21.5 Å². The molecule has 23 heavy (non-hydrogen) atoms. The third-order valence-corrected chi connectivity index (χ3v) is 4.15. The summed E-state index contributed by atoms with van der Waals surface area (Å²) in [6.45, 7) is 1.42. The summed E-state index contributed by atoms with van der Waals surface area (Å²) in [6.07, 6.45) is 0.906. The summed E-state index contributed by atoms with van der Waals surface area (Å²) in [7, 11) is 0. The van der Waals surface area contributed by atoms with E-state index < -0.39 is 0 Å². The molecular weight excluding hydrogens is 290 g/mol. The number of rotatable bonds is 2. The number of hydrogen-bond donors (Lipinski definition) is 1. The van der Waals surface area contributed by atoms with Crippen molar-refractivity contribution in [3.8, 4) is 11.4 Å². The molecule has 1 amide bonds. The smallest absolute Gasteiger partial charge is 0.254 e. The van der Waals surface area contributed by atoms with Gasteiger partial charge in [-0.05, 0) is 34.9 Å². The lowest BCUT2D eigenvalue weighted by molar-refractivity contribution is 0.0735. The fraction of sp³-hybridized carbons (Fsp3) is 0.176. The zero-order chi connectivity index (χ0) is 15.6. The zero-order valence-corrected chi connectivity index (χ0v) is 12.4. The predicted molar refractivity (Wildman–Crippen MR) is 84.5 cm³/mol. The first-order chi connectivity index (χ1) is 11.3. The second-order valence-electron chi connectivity index (χ2n) is 5.56. The van der Waals surface area contributed by atoms with Crippen LogP contribution >= 0.6 is 0 Å². The summed E-state index contributed by atoms with van der Waals surface area (Å²) in [5.41, 5.74) is 4.08. The summed E-state index contributed by atoms with van der Waals surface area (Å²) >= 11 is 0. The van der Waals surface area contributed by atoms with Crippen molar-refractivity contribution in [2.24, 2.45) is 0 Å². The number of aromatic amines is 1. The van der Waals surface area contributed by atoms with Gasteiger partial charge in [-0.3, -0.25) is 4.79 Å². The van der Waals surface area contributed by atoms with Crippen molar-refractivity contribution in [1.82, 2.24) is 25.5 Å². The van der Waals surface area contributed by atoms with Crippen LogP contribution in [0.15, 0.2) is 48.5 Å². The molecule has 114 valence electrons. The van der Waals surface area contributed by atoms with Crippen molar-refractivity contribution in [2.75, 3.05) is 6.54 Å². The SMILES string of the molecule is O=C(c1ccc(-c2nn[nH]n2)cc1)N1CCc2ccccc2C1. The Labute approximate surface area is 133 Å². The molecule has 6 nitrogen and oxygen atoms in total. The molecule has 2 aromatic carbocycles. The number of fused-ring (bicyclic) bond motifs is 1. The maximum atomic E-state index is 12.7. The van der Waals surface area contributed by atoms with Gasteiger partial charge in [-0.15, -0.1) is 10.2 Å². The lowest BCUT2D eigenvalue weighted by atomic mass is 9.99. The molecule has 1 aromatic heterocycles. The molecule has 1 aliphatic rings. The standard InChI is InChI=1S/C17H15N5O/c23-17(22-10-9-12-3-1-2-4-15(12)11-22)14-7-5-13(6-8-14)16-18-20-21-19-16/h1-8H,9-11H2,(H,18,19,20,21). The number of carbonyl (C=O) groups excluding carboxylic acids is 1. The summed E-state index contributed by atoms with van der Waals surface area (Å²) < 4.78 is 0. The number of aromatic nitrogens is 4. The highest BCUT2D eigenvalue weighted by Crippen LogP contribution is 2.21. The molecule has 0 atom stereocenters. The summed E-state index contributed by atoms with van der Waals surface area (Å²) in [6, 6.07) is 15.6. The number of tetrazole rings is 1. The third-order valence-electron chi connectivity index (χ3n) is 4.15. The van der Waals surface area contributed by atoms with Crippen molar-refractivity contribution in [3.63, 3.8) is 0 Å². The number of carbonyl (C=O) groups is 1. The summed E-state index contributed by atoms with van der Waals surface area (Å²) in [5.74, 6) is 0.579. The Bertz CT molecular complexity index is 826. The van der Waals surface area contributed by atoms with Gasteiger partial charge in [-0.25, -0.2) is 0 Å². The van der Waals surface area contributed by atoms with E-state index >= 15 is 0 Å². The Morgan fingerprint density at radius 2 is 1.83 bits per heavy atom. The Morgan fingerprint density at radius 3 is 2.57 bits per heavy atom. The van der Waals surface area contributed by atoms with Crippen LogP contribution in [0, 0.1) is 0 Å². The second kappa shape index (κ2) is 5.64. The van der Waals surface area contributed by atoms with Crippen molar-refractivity contribution in [3.05, 3.63) is 65.2 Å². The highest BCUT2D eigenvalue weighted by molar-refractivity contribution is 5.94. The van der Waals surface area contributed by atoms with E-state index in [1.54, 1.807) is 0 Å². The van der Waals surface area contributed by atoms with Gasteiger partial charge in [-0.1, -0.05) is 36.4 Å². The van der Waals surface area contributed by atoms with Gasteiger partial charge in [0.1, 0.15) is 0 Å². The highest BCUT2D eigenvalue weighted by Gasteiger charge is 2.21. The first-order valence-electron chi connectivity index (χ1n) is 7.51. The molecule has 0 spiro atoms. The molecule has 0 radical (unpaired) electrons. The van der Waals surface area contributed by atoms with Gasteiger partial charge in [0.15, 0.2) is 0 Å². The van der Waals surface area contributed by atoms with E-state index in [0.717, 1.165) is 18.5 Å². The molecule has 6 heteroatoms. The highest BCUT2D eigenvalue weighted by atomic mass is 16.2. The number of hydrogen-bond acceptors (Lipinski definition) is 4. The number of benzene rings is 2. The molecule has 0 fully saturated rings. The molecule has 2 heterocycles. The maximum Gasteiger partial charge on any atom is 0.254 e. The van der Waals surface area contributed by atoms with E-state index in [1.807, 2.05) is 41.3 Å². The Hall–Kier alpha value is -3.02. The monoisotopic (exact) mass is 305 g/mol. The molecule has 4 rings (SSSR count). The molecule has 1 N–H and O–H groups in total. The Morgan fingerprint density at radius 1 is 1.04 bits per heavy atom. The van der Waals surface area contributed by atoms with E-state index in [1.165, 1.54) is 11.1 Å². The van der Waals surface area contributed by atoms with Gasteiger partial charge in [-0.2, -0.15) is 5.21 Å². The molecule has 0 bridgehead atoms. The van der Waals surface area contributed by atoms with Crippen LogP contribution in [0.2, 0.25) is 0 Å². The van der Waals surface area contributed by atoms with Crippen LogP contribution in [0.4, 0.5) is 0 Å². The van der Waals surface area contributed by atoms with E-state index in [9.17, 15) is 4.79 Å². The molecule has 0 aliphatic carbocycles. The summed E-state index contributed by atoms with van der Waals surface area (Å²) in [4.78, 5) is 14.6. The van der Waals surface area contributed by atoms with Crippen LogP contribution in [-0.4, -0.2) is 38.0 Å². The fourth-order valence-corrected chi connectivity index (χ4v) is 2.90. The van der Waals surface area contributed by atoms with Crippen molar-refractivity contribution in [1.29, 1.82) is 0 Å². The average molecular weight is 305 g/mol. The molecule has 0 unspecified atom stereocenters. The average Bonchev–Trinajstić information content (AvgIpc) is 3.15. The largest absolute Gasteiger partial charge is 0.334 e. The third kappa shape index (κ3) is 2.59. The number of nitrogens with zero attached hydrogens (tertiary/aromatic N) is 4. The molecule has 0 saturated heterocycles. The van der Waals surface area contributed by atoms with Crippen molar-refractivity contribution >= 4 is 5.91 Å². The van der Waals surface area contributed by atoms with Crippen LogP contribution in [0.5, 0.6) is 0 Å². The number of amides is 1. The van der Waals surface area contributed by atoms with Gasteiger partial charge in [0, 0.05) is 24.2 Å². The minimum absolute atomic E-state index is 0.0548. The van der Waals surface area contributed by atoms with Crippen LogP contribution in [0.3, 0.4) is 0 Å². The number of H-pyrrole nitrogens is 1. The van der Waals surface area contributed by atoms with Crippen LogP contribution in [0.25, 0.3) is 11.4 Å². The Balaban J connectivity index is 1.53. The fourth-order valence-electron chi connectivity index (χ4n) is 2.90. The van der Waals surface area contributed by atoms with Gasteiger partial charge < -0.3 is 4.90 Å². The predicted octanol–water partition coefficient (Wildman–Crippen LogP) is 2.07. The first-order valence-corrected chi connectivity index (χ1v) is 7.51. The summed E-state index contributed by atoms with van der Waals surface area (Å²) in [5, 5.41) is 13.8. The van der Waals surface area contributed by atoms with Gasteiger partial charge >= 0.3 is 0 Å². The topological polar surface area (TPSA) is 74.8 Å². The maximum absolute atomic E-state index is 12.7. The second-order valence-corrected chi connectivity index (χ2v) is 5.56. The van der Waals surface area contributed by atoms with Crippen molar-refractivity contribution < 1.29 is 4.79 Å². The van der Waals surface area contributed by atoms with Crippen LogP contribution < -0.4 is 0 Å². The minimum atomic E-state index is 0.0548. The van der Waals surface area contributed by atoms with Gasteiger partial charge in [0.25, 0.3) is 5.91 Å². The number of nitrogens with one attached hydrogen (secondary N) is 1. The Kier molecular flexibility index (Phi) is 3.34. The minimum Gasteiger partial charge on any atom is -0.334 e. The van der Waals surface area contributed by atoms with E-state index in [2.05, 4.69) is 32.8 Å². The zero-order valence-electron chi connectivity index (χ0n) is 12.4. The van der Waals surface area contributed by atoms with Crippen molar-refractivity contribution in [2.45, 2.75) is 13.0 Å². The van der Waals surface area contributed by atoms with E-state index in [4.69, 9.17) is 0 Å². The molecular formula is C17H15N5O. The van der Waals surface area contributed by atoms with Crippen LogP contribution in [-0.2, 0) is 13.0 Å². The van der Waals surface area contributed by atoms with Gasteiger partial charge in [0.05, 0.1) is 0 Å². The normalized spacial score (nSPS) is 13.7. The molecule has 0 saturated carbocycles. The quantitative estimate of drug-likeness (QED) is 0.786. The van der Waals surface area contributed by atoms with Gasteiger partial charge in [0.2, 0.25) is 5.82 Å². The molecule has 3 aromatic rings. The van der Waals surface area contributed by atoms with E-state index in [-0.39, 0.29) is 5.91 Å². The van der Waals surface area contributed by atoms with E-state index in [0.29, 0.717) is 17.9 Å².